The zero-order valence-corrected chi connectivity index (χ0v) is 25.6. The SMILES string of the molecule is COc1nc(NC(=O)C(C)(C)NC(=O)c2ccc3c(C4CCCC4)c(-c4ncc(Cl)cn4)n(C)c3c2)ccc1/C=C/C(=O)O. The average molecular weight is 617 g/mol. The Hall–Kier alpha value is -4.77. The Labute approximate surface area is 259 Å². The maximum Gasteiger partial charge on any atom is 0.328 e. The predicted octanol–water partition coefficient (Wildman–Crippen LogP) is 5.59. The fourth-order valence-corrected chi connectivity index (χ4v) is 5.69. The lowest BCUT2D eigenvalue weighted by molar-refractivity contribution is -0.131. The molecule has 0 spiro atoms. The molecule has 2 amide bonds. The van der Waals surface area contributed by atoms with Gasteiger partial charge in [-0.3, -0.25) is 9.59 Å². The van der Waals surface area contributed by atoms with Gasteiger partial charge in [0.2, 0.25) is 5.88 Å². The molecule has 12 heteroatoms. The lowest BCUT2D eigenvalue weighted by Gasteiger charge is -2.25. The number of hydrogen-bond acceptors (Lipinski definition) is 7. The van der Waals surface area contributed by atoms with Gasteiger partial charge in [0.15, 0.2) is 5.82 Å². The van der Waals surface area contributed by atoms with Crippen LogP contribution in [0.4, 0.5) is 5.82 Å². The molecular weight excluding hydrogens is 584 g/mol. The zero-order chi connectivity index (χ0) is 31.6. The van der Waals surface area contributed by atoms with Gasteiger partial charge in [0.1, 0.15) is 11.4 Å². The van der Waals surface area contributed by atoms with Crippen LogP contribution in [0.3, 0.4) is 0 Å². The highest BCUT2D eigenvalue weighted by Gasteiger charge is 2.32. The first-order valence-electron chi connectivity index (χ1n) is 14.2. The maximum absolute atomic E-state index is 13.5. The molecule has 5 rings (SSSR count). The molecule has 228 valence electrons. The zero-order valence-electron chi connectivity index (χ0n) is 24.8. The van der Waals surface area contributed by atoms with E-state index in [-0.39, 0.29) is 11.7 Å². The lowest BCUT2D eigenvalue weighted by Crippen LogP contribution is -2.52. The monoisotopic (exact) mass is 616 g/mol. The second kappa shape index (κ2) is 12.5. The first kappa shape index (κ1) is 30.7. The molecule has 0 aliphatic heterocycles. The highest BCUT2D eigenvalue weighted by atomic mass is 35.5. The first-order valence-corrected chi connectivity index (χ1v) is 14.6. The normalized spacial score (nSPS) is 13.8. The summed E-state index contributed by atoms with van der Waals surface area (Å²) in [6.45, 7) is 3.19. The maximum atomic E-state index is 13.5. The average Bonchev–Trinajstić information content (AvgIpc) is 3.62. The van der Waals surface area contributed by atoms with Crippen LogP contribution in [0.2, 0.25) is 5.02 Å². The van der Waals surface area contributed by atoms with Gasteiger partial charge >= 0.3 is 5.97 Å². The van der Waals surface area contributed by atoms with E-state index < -0.39 is 23.3 Å². The summed E-state index contributed by atoms with van der Waals surface area (Å²) in [5, 5.41) is 15.9. The van der Waals surface area contributed by atoms with E-state index in [2.05, 4.69) is 25.6 Å². The van der Waals surface area contributed by atoms with E-state index in [0.717, 1.165) is 48.4 Å². The second-order valence-electron chi connectivity index (χ2n) is 11.3. The van der Waals surface area contributed by atoms with Crippen LogP contribution < -0.4 is 15.4 Å². The quantitative estimate of drug-likeness (QED) is 0.206. The van der Waals surface area contributed by atoms with Crippen molar-refractivity contribution in [3.8, 4) is 17.4 Å². The fourth-order valence-electron chi connectivity index (χ4n) is 5.60. The number of carboxylic acid groups (broad SMARTS) is 1. The number of aryl methyl sites for hydroxylation is 1. The molecule has 0 radical (unpaired) electrons. The number of nitrogens with zero attached hydrogens (tertiary/aromatic N) is 4. The van der Waals surface area contributed by atoms with E-state index in [1.807, 2.05) is 23.7 Å². The number of carbonyl (C=O) groups excluding carboxylic acids is 2. The largest absolute Gasteiger partial charge is 0.481 e. The number of methoxy groups -OCH3 is 1. The summed E-state index contributed by atoms with van der Waals surface area (Å²) in [5.41, 5.74) is 2.47. The van der Waals surface area contributed by atoms with E-state index in [1.54, 1.807) is 38.4 Å². The van der Waals surface area contributed by atoms with Gasteiger partial charge in [-0.1, -0.05) is 30.5 Å². The van der Waals surface area contributed by atoms with Gasteiger partial charge in [0, 0.05) is 47.5 Å². The summed E-state index contributed by atoms with van der Waals surface area (Å²) in [6.07, 6.45) is 9.95. The molecule has 44 heavy (non-hydrogen) atoms. The smallest absolute Gasteiger partial charge is 0.328 e. The van der Waals surface area contributed by atoms with Gasteiger partial charge < -0.3 is 25.0 Å². The minimum Gasteiger partial charge on any atom is -0.481 e. The van der Waals surface area contributed by atoms with Crippen molar-refractivity contribution in [2.45, 2.75) is 51.0 Å². The Bertz CT molecular complexity index is 1770. The van der Waals surface area contributed by atoms with E-state index in [0.29, 0.717) is 27.9 Å². The third-order valence-corrected chi connectivity index (χ3v) is 8.02. The molecule has 1 aliphatic carbocycles. The first-order chi connectivity index (χ1) is 21.0. The topological polar surface area (TPSA) is 148 Å². The Balaban J connectivity index is 1.39. The number of nitrogens with one attached hydrogen (secondary N) is 2. The number of pyridine rings is 1. The highest BCUT2D eigenvalue weighted by Crippen LogP contribution is 2.44. The molecule has 3 N–H and O–H groups in total. The molecule has 3 aromatic heterocycles. The molecule has 11 nitrogen and oxygen atoms in total. The van der Waals surface area contributed by atoms with E-state index in [1.165, 1.54) is 24.8 Å². The molecule has 1 aromatic carbocycles. The summed E-state index contributed by atoms with van der Waals surface area (Å²) in [7, 11) is 3.33. The van der Waals surface area contributed by atoms with Gasteiger partial charge in [-0.05, 0) is 68.5 Å². The highest BCUT2D eigenvalue weighted by molar-refractivity contribution is 6.30. The molecular formula is C32H33ClN6O5. The molecule has 0 saturated heterocycles. The van der Waals surface area contributed by atoms with Crippen LogP contribution in [0.5, 0.6) is 5.88 Å². The van der Waals surface area contributed by atoms with Crippen molar-refractivity contribution in [3.05, 3.63) is 70.5 Å². The van der Waals surface area contributed by atoms with E-state index >= 15 is 0 Å². The number of carbonyl (C=O) groups is 3. The molecule has 4 aromatic rings. The summed E-state index contributed by atoms with van der Waals surface area (Å²) in [5.74, 6) is -0.764. The van der Waals surface area contributed by atoms with Gasteiger partial charge in [-0.2, -0.15) is 4.98 Å². The number of carboxylic acids is 1. The van der Waals surface area contributed by atoms with Crippen molar-refractivity contribution in [1.29, 1.82) is 0 Å². The molecule has 0 unspecified atom stereocenters. The number of rotatable bonds is 9. The number of anilines is 1. The van der Waals surface area contributed by atoms with Crippen molar-refractivity contribution in [2.75, 3.05) is 12.4 Å². The number of fused-ring (bicyclic) bond motifs is 1. The summed E-state index contributed by atoms with van der Waals surface area (Å²) >= 11 is 6.07. The second-order valence-corrected chi connectivity index (χ2v) is 11.7. The van der Waals surface area contributed by atoms with E-state index in [9.17, 15) is 14.4 Å². The van der Waals surface area contributed by atoms with Crippen molar-refractivity contribution < 1.29 is 24.2 Å². The molecule has 1 aliphatic rings. The van der Waals surface area contributed by atoms with Crippen molar-refractivity contribution in [2.24, 2.45) is 7.05 Å². The van der Waals surface area contributed by atoms with Gasteiger partial charge in [-0.15, -0.1) is 0 Å². The van der Waals surface area contributed by atoms with Crippen LogP contribution in [0, 0.1) is 0 Å². The van der Waals surface area contributed by atoms with E-state index in [4.69, 9.17) is 21.4 Å². The van der Waals surface area contributed by atoms with Crippen LogP contribution in [0.25, 0.3) is 28.5 Å². The molecule has 3 heterocycles. The van der Waals surface area contributed by atoms with Gasteiger partial charge in [0.25, 0.3) is 11.8 Å². The predicted molar refractivity (Wildman–Crippen MR) is 168 cm³/mol. The summed E-state index contributed by atoms with van der Waals surface area (Å²) in [6, 6.07) is 8.65. The van der Waals surface area contributed by atoms with Crippen molar-refractivity contribution in [3.63, 3.8) is 0 Å². The third-order valence-electron chi connectivity index (χ3n) is 7.82. The number of aromatic nitrogens is 4. The van der Waals surface area contributed by atoms with Crippen molar-refractivity contribution >= 4 is 52.2 Å². The van der Waals surface area contributed by atoms with Crippen LogP contribution in [-0.4, -0.2) is 55.1 Å². The van der Waals surface area contributed by atoms with Crippen LogP contribution in [-0.2, 0) is 16.6 Å². The fraction of sp³-hybridized carbons (Fsp3) is 0.312. The summed E-state index contributed by atoms with van der Waals surface area (Å²) < 4.78 is 7.26. The number of halogens is 1. The third kappa shape index (κ3) is 6.28. The minimum atomic E-state index is -1.31. The van der Waals surface area contributed by atoms with Crippen LogP contribution >= 0.6 is 11.6 Å². The number of ether oxygens (including phenoxy) is 1. The molecule has 1 fully saturated rings. The Morgan fingerprint density at radius 2 is 1.82 bits per heavy atom. The van der Waals surface area contributed by atoms with Crippen molar-refractivity contribution in [1.82, 2.24) is 24.8 Å². The number of aliphatic carboxylic acids is 1. The molecule has 1 saturated carbocycles. The molecule has 0 bridgehead atoms. The van der Waals surface area contributed by atoms with Gasteiger partial charge in [-0.25, -0.2) is 14.8 Å². The minimum absolute atomic E-state index is 0.137. The number of amides is 2. The Morgan fingerprint density at radius 3 is 2.48 bits per heavy atom. The molecule has 0 atom stereocenters. The van der Waals surface area contributed by atoms with Crippen LogP contribution in [0.1, 0.15) is 66.9 Å². The summed E-state index contributed by atoms with van der Waals surface area (Å²) in [4.78, 5) is 50.8. The lowest BCUT2D eigenvalue weighted by atomic mass is 9.93. The Kier molecular flexibility index (Phi) is 8.68. The Morgan fingerprint density at radius 1 is 1.11 bits per heavy atom. The number of benzene rings is 1. The number of hydrogen-bond donors (Lipinski definition) is 3. The van der Waals surface area contributed by atoms with Crippen LogP contribution in [0.15, 0.2) is 48.8 Å². The standard InChI is InChI=1S/C32H33ClN6O5/c1-32(2,31(43)37-24-13-10-19(11-14-25(40)41)30(36-24)44-4)38-29(42)20-9-12-22-23(15-20)39(3)27(26(22)18-7-5-6-8-18)28-34-16-21(33)17-35-28/h9-18H,5-8H2,1-4H3,(H,38,42)(H,40,41)(H,36,37,43)/b14-11+. The van der Waals surface area contributed by atoms with Gasteiger partial charge in [0.05, 0.1) is 17.8 Å².